The molecule has 0 fully saturated rings. The molecule has 0 atom stereocenters. The summed E-state index contributed by atoms with van der Waals surface area (Å²) < 4.78 is 45.7. The molecule has 0 saturated carbocycles. The number of carbonyl (C=O) groups excluding carboxylic acids is 1. The summed E-state index contributed by atoms with van der Waals surface area (Å²) in [6.07, 6.45) is -2.44. The number of nitrogens with one attached hydrogen (secondary N) is 1. The van der Waals surface area contributed by atoms with Gasteiger partial charge in [0.05, 0.1) is 18.2 Å². The molecule has 2 heterocycles. The van der Waals surface area contributed by atoms with Crippen LogP contribution >= 0.6 is 0 Å². The van der Waals surface area contributed by atoms with E-state index in [1.165, 1.54) is 19.2 Å². The summed E-state index contributed by atoms with van der Waals surface area (Å²) in [6, 6.07) is 22.3. The van der Waals surface area contributed by atoms with Gasteiger partial charge < -0.3 is 26.7 Å². The fraction of sp³-hybridized carbons (Fsp3) is 0.111. The second-order valence-corrected chi connectivity index (χ2v) is 8.02. The number of esters is 1. The van der Waals surface area contributed by atoms with Crippen LogP contribution in [-0.4, -0.2) is 18.1 Å². The normalized spacial score (nSPS) is 11.4. The third-order valence-electron chi connectivity index (χ3n) is 5.91. The molecule has 0 aliphatic heterocycles. The van der Waals surface area contributed by atoms with Crippen molar-refractivity contribution in [2.75, 3.05) is 7.11 Å². The Hall–Kier alpha value is -3.65. The van der Waals surface area contributed by atoms with Gasteiger partial charge in [-0.25, -0.2) is 4.79 Å². The first-order chi connectivity index (χ1) is 16.3. The number of hydrogen-bond donors (Lipinski definition) is 1. The lowest BCUT2D eigenvalue weighted by Gasteiger charge is -2.09. The van der Waals surface area contributed by atoms with Gasteiger partial charge >= 0.3 is 12.1 Å². The van der Waals surface area contributed by atoms with E-state index in [0.717, 1.165) is 50.8 Å². The van der Waals surface area contributed by atoms with E-state index in [9.17, 15) is 18.0 Å². The number of pyridine rings is 1. The topological polar surface area (TPSA) is 46.0 Å². The molecule has 0 spiro atoms. The van der Waals surface area contributed by atoms with Gasteiger partial charge in [0.1, 0.15) is 5.52 Å². The van der Waals surface area contributed by atoms with Crippen LogP contribution < -0.4 is 21.5 Å². The van der Waals surface area contributed by atoms with Gasteiger partial charge in [-0.3, -0.25) is 0 Å². The molecule has 0 aliphatic rings. The predicted molar refractivity (Wildman–Crippen MR) is 123 cm³/mol. The quantitative estimate of drug-likeness (QED) is 0.281. The molecule has 1 N–H and O–H groups in total. The van der Waals surface area contributed by atoms with E-state index in [1.54, 1.807) is 12.1 Å². The highest BCUT2D eigenvalue weighted by molar-refractivity contribution is 6.10. The van der Waals surface area contributed by atoms with Crippen molar-refractivity contribution in [1.29, 1.82) is 0 Å². The lowest BCUT2D eigenvalue weighted by Crippen LogP contribution is -3.00. The zero-order chi connectivity index (χ0) is 23.9. The predicted octanol–water partition coefficient (Wildman–Crippen LogP) is 3.13. The highest BCUT2D eigenvalue weighted by atomic mass is 79.9. The number of fused-ring (bicyclic) bond motifs is 3. The molecular weight excluding hydrogens is 521 g/mol. The minimum atomic E-state index is -4.37. The molecule has 0 saturated heterocycles. The second-order valence-electron chi connectivity index (χ2n) is 8.02. The Morgan fingerprint density at radius 3 is 2.26 bits per heavy atom. The first-order valence-electron chi connectivity index (χ1n) is 10.6. The summed E-state index contributed by atoms with van der Waals surface area (Å²) in [5, 5.41) is 2.11. The average molecular weight is 541 g/mol. The fourth-order valence-corrected chi connectivity index (χ4v) is 4.23. The monoisotopic (exact) mass is 540 g/mol. The van der Waals surface area contributed by atoms with Crippen molar-refractivity contribution in [3.8, 4) is 11.3 Å². The molecular formula is C27H20BrF3N2O2. The third-order valence-corrected chi connectivity index (χ3v) is 5.91. The Labute approximate surface area is 209 Å². The summed E-state index contributed by atoms with van der Waals surface area (Å²) >= 11 is 0. The van der Waals surface area contributed by atoms with E-state index < -0.39 is 17.7 Å². The highest BCUT2D eigenvalue weighted by Gasteiger charge is 2.30. The minimum Gasteiger partial charge on any atom is -1.00 e. The second kappa shape index (κ2) is 9.54. The van der Waals surface area contributed by atoms with E-state index >= 15 is 0 Å². The van der Waals surface area contributed by atoms with E-state index in [1.807, 2.05) is 53.2 Å². The Morgan fingerprint density at radius 2 is 1.60 bits per heavy atom. The molecule has 5 rings (SSSR count). The van der Waals surface area contributed by atoms with Crippen molar-refractivity contribution in [2.24, 2.45) is 0 Å². The molecule has 4 nitrogen and oxygen atoms in total. The van der Waals surface area contributed by atoms with Gasteiger partial charge in [-0.05, 0) is 42.5 Å². The number of ether oxygens (including phenoxy) is 1. The molecule has 0 radical (unpaired) electrons. The molecule has 0 unspecified atom stereocenters. The van der Waals surface area contributed by atoms with Crippen LogP contribution in [0.3, 0.4) is 0 Å². The van der Waals surface area contributed by atoms with Gasteiger partial charge in [0.25, 0.3) is 0 Å². The average Bonchev–Trinajstić information content (AvgIpc) is 3.22. The standard InChI is InChI=1S/C27H19F3N2O2.BrH/c1-34-26(33)19-10-8-18(9-11-19)25-24-22(21-4-2-3-5-23(21)31-24)14-15-32(25)16-17-6-12-20(13-7-17)27(28,29)30;/h2-15H,16H2,1H3;1H. The minimum absolute atomic E-state index is 0. The molecule has 0 bridgehead atoms. The number of aromatic amines is 1. The summed E-state index contributed by atoms with van der Waals surface area (Å²) in [4.78, 5) is 15.4. The molecule has 5 aromatic rings. The van der Waals surface area contributed by atoms with Gasteiger partial charge in [0.15, 0.2) is 12.7 Å². The lowest BCUT2D eigenvalue weighted by molar-refractivity contribution is -0.676. The van der Waals surface area contributed by atoms with Gasteiger partial charge in [0, 0.05) is 33.5 Å². The number of hydrogen-bond acceptors (Lipinski definition) is 2. The summed E-state index contributed by atoms with van der Waals surface area (Å²) in [5.74, 6) is -0.423. The van der Waals surface area contributed by atoms with Crippen LogP contribution in [0.2, 0.25) is 0 Å². The third kappa shape index (κ3) is 4.66. The van der Waals surface area contributed by atoms with E-state index in [0.29, 0.717) is 12.1 Å². The van der Waals surface area contributed by atoms with Crippen LogP contribution in [0.15, 0.2) is 85.1 Å². The van der Waals surface area contributed by atoms with E-state index in [2.05, 4.69) is 4.98 Å². The number of H-pyrrole nitrogens is 1. The van der Waals surface area contributed by atoms with Crippen LogP contribution in [0.4, 0.5) is 13.2 Å². The number of para-hydroxylation sites is 1. The zero-order valence-electron chi connectivity index (χ0n) is 18.6. The number of aromatic nitrogens is 2. The molecule has 2 aromatic heterocycles. The van der Waals surface area contributed by atoms with Gasteiger partial charge in [-0.15, -0.1) is 0 Å². The van der Waals surface area contributed by atoms with Crippen LogP contribution in [0.1, 0.15) is 21.5 Å². The van der Waals surface area contributed by atoms with Crippen LogP contribution in [0.5, 0.6) is 0 Å². The van der Waals surface area contributed by atoms with Crippen LogP contribution in [0, 0.1) is 0 Å². The van der Waals surface area contributed by atoms with Crippen molar-refractivity contribution in [3.63, 3.8) is 0 Å². The molecule has 0 amide bonds. The maximum atomic E-state index is 13.0. The van der Waals surface area contributed by atoms with Gasteiger partial charge in [0.2, 0.25) is 5.69 Å². The molecule has 3 aromatic carbocycles. The Bertz CT molecular complexity index is 1510. The number of alkyl halides is 3. The van der Waals surface area contributed by atoms with Crippen molar-refractivity contribution in [3.05, 3.63) is 102 Å². The lowest BCUT2D eigenvalue weighted by atomic mass is 10.0. The van der Waals surface area contributed by atoms with Crippen molar-refractivity contribution in [1.82, 2.24) is 4.98 Å². The summed E-state index contributed by atoms with van der Waals surface area (Å²) in [5.41, 5.74) is 4.11. The molecule has 178 valence electrons. The maximum Gasteiger partial charge on any atom is 0.416 e. The van der Waals surface area contributed by atoms with Gasteiger partial charge in [-0.1, -0.05) is 30.3 Å². The molecule has 8 heteroatoms. The highest BCUT2D eigenvalue weighted by Crippen LogP contribution is 2.32. The Morgan fingerprint density at radius 1 is 0.914 bits per heavy atom. The number of methoxy groups -OCH3 is 1. The first kappa shape index (κ1) is 24.5. The Kier molecular flexibility index (Phi) is 6.67. The first-order valence-corrected chi connectivity index (χ1v) is 10.6. The Balaban J connectivity index is 0.00000289. The fourth-order valence-electron chi connectivity index (χ4n) is 4.23. The van der Waals surface area contributed by atoms with Crippen LogP contribution in [0.25, 0.3) is 33.1 Å². The van der Waals surface area contributed by atoms with Crippen LogP contribution in [-0.2, 0) is 17.5 Å². The summed E-state index contributed by atoms with van der Waals surface area (Å²) in [7, 11) is 1.33. The zero-order valence-corrected chi connectivity index (χ0v) is 20.2. The smallest absolute Gasteiger partial charge is 0.416 e. The SMILES string of the molecule is COC(=O)c1ccc(-c2c3[nH]c4ccccc4c3cc[n+]2Cc2ccc(C(F)(F)F)cc2)cc1.[Br-]. The number of halogens is 4. The number of carbonyl (C=O) groups is 1. The molecule has 35 heavy (non-hydrogen) atoms. The van der Waals surface area contributed by atoms with E-state index in [-0.39, 0.29) is 17.0 Å². The van der Waals surface area contributed by atoms with Crippen molar-refractivity contribution < 1.29 is 44.3 Å². The molecule has 0 aliphatic carbocycles. The van der Waals surface area contributed by atoms with Crippen molar-refractivity contribution >= 4 is 27.8 Å². The maximum absolute atomic E-state index is 13.0. The van der Waals surface area contributed by atoms with E-state index in [4.69, 9.17) is 4.74 Å². The number of nitrogens with zero attached hydrogens (tertiary/aromatic N) is 1. The number of rotatable bonds is 4. The van der Waals surface area contributed by atoms with Gasteiger partial charge in [-0.2, -0.15) is 17.7 Å². The largest absolute Gasteiger partial charge is 1.00 e. The summed E-state index contributed by atoms with van der Waals surface area (Å²) in [6.45, 7) is 0.373. The van der Waals surface area contributed by atoms with Crippen molar-refractivity contribution in [2.45, 2.75) is 12.7 Å². The number of benzene rings is 3.